The summed E-state index contributed by atoms with van der Waals surface area (Å²) in [5.74, 6) is -0.826. The molecule has 0 radical (unpaired) electrons. The normalized spacial score (nSPS) is 12.1. The molecule has 1 heterocycles. The van der Waals surface area contributed by atoms with Crippen molar-refractivity contribution < 1.29 is 9.90 Å². The van der Waals surface area contributed by atoms with Crippen LogP contribution in [0.3, 0.4) is 0 Å². The highest BCUT2D eigenvalue weighted by Crippen LogP contribution is 2.16. The molecule has 0 saturated carbocycles. The Labute approximate surface area is 103 Å². The number of carboxylic acids is 1. The predicted octanol–water partition coefficient (Wildman–Crippen LogP) is 2.90. The van der Waals surface area contributed by atoms with Gasteiger partial charge in [0.15, 0.2) is 0 Å². The molecule has 0 aliphatic heterocycles. The van der Waals surface area contributed by atoms with Crippen molar-refractivity contribution in [2.24, 2.45) is 0 Å². The highest BCUT2D eigenvalue weighted by atomic mass is 79.9. The number of anilines is 1. The summed E-state index contributed by atoms with van der Waals surface area (Å²) in [6.45, 7) is 2.04. The second kappa shape index (κ2) is 6.48. The van der Waals surface area contributed by atoms with E-state index in [2.05, 4.69) is 26.2 Å². The molecule has 1 aromatic rings. The van der Waals surface area contributed by atoms with Gasteiger partial charge in [0, 0.05) is 10.7 Å². The zero-order valence-electron chi connectivity index (χ0n) is 9.11. The van der Waals surface area contributed by atoms with Gasteiger partial charge >= 0.3 is 5.97 Å². The lowest BCUT2D eigenvalue weighted by molar-refractivity contribution is -0.138. The molecular weight excluding hydrogens is 272 g/mol. The van der Waals surface area contributed by atoms with Crippen molar-refractivity contribution in [3.8, 4) is 0 Å². The van der Waals surface area contributed by atoms with E-state index in [1.807, 2.05) is 13.0 Å². The van der Waals surface area contributed by atoms with Gasteiger partial charge < -0.3 is 10.4 Å². The Morgan fingerprint density at radius 1 is 1.62 bits per heavy atom. The minimum Gasteiger partial charge on any atom is -0.480 e. The minimum atomic E-state index is -0.826. The average Bonchev–Trinajstić information content (AvgIpc) is 2.24. The molecule has 0 spiro atoms. The van der Waals surface area contributed by atoms with Gasteiger partial charge in [0.1, 0.15) is 6.04 Å². The van der Waals surface area contributed by atoms with E-state index in [0.717, 1.165) is 23.0 Å². The average molecular weight is 287 g/mol. The SMILES string of the molecule is CCCCC(Nc1cncc(Br)c1)C(=O)O. The van der Waals surface area contributed by atoms with E-state index in [1.165, 1.54) is 0 Å². The molecule has 1 rings (SSSR count). The van der Waals surface area contributed by atoms with Crippen LogP contribution in [0.1, 0.15) is 26.2 Å². The maximum absolute atomic E-state index is 11.0. The maximum Gasteiger partial charge on any atom is 0.326 e. The number of rotatable bonds is 6. The van der Waals surface area contributed by atoms with Crippen molar-refractivity contribution in [3.63, 3.8) is 0 Å². The summed E-state index contributed by atoms with van der Waals surface area (Å²) in [7, 11) is 0. The van der Waals surface area contributed by atoms with Crippen molar-refractivity contribution in [1.29, 1.82) is 0 Å². The third-order valence-electron chi connectivity index (χ3n) is 2.19. The number of aliphatic carboxylic acids is 1. The first-order valence-corrected chi connectivity index (χ1v) is 6.02. The predicted molar refractivity (Wildman–Crippen MR) is 66.5 cm³/mol. The van der Waals surface area contributed by atoms with Crippen molar-refractivity contribution in [3.05, 3.63) is 22.9 Å². The number of unbranched alkanes of at least 4 members (excludes halogenated alkanes) is 1. The number of hydrogen-bond acceptors (Lipinski definition) is 3. The zero-order chi connectivity index (χ0) is 12.0. The van der Waals surface area contributed by atoms with E-state index in [9.17, 15) is 4.79 Å². The summed E-state index contributed by atoms with van der Waals surface area (Å²) >= 11 is 3.29. The zero-order valence-corrected chi connectivity index (χ0v) is 10.7. The lowest BCUT2D eigenvalue weighted by atomic mass is 10.1. The van der Waals surface area contributed by atoms with Gasteiger partial charge in [-0.1, -0.05) is 19.8 Å². The van der Waals surface area contributed by atoms with Crippen LogP contribution in [-0.2, 0) is 4.79 Å². The maximum atomic E-state index is 11.0. The molecule has 0 aliphatic rings. The molecule has 0 aliphatic carbocycles. The first-order valence-electron chi connectivity index (χ1n) is 5.23. The Morgan fingerprint density at radius 3 is 2.94 bits per heavy atom. The molecule has 4 nitrogen and oxygen atoms in total. The van der Waals surface area contributed by atoms with Crippen LogP contribution < -0.4 is 5.32 Å². The van der Waals surface area contributed by atoms with E-state index < -0.39 is 12.0 Å². The molecule has 16 heavy (non-hydrogen) atoms. The molecule has 5 heteroatoms. The number of nitrogens with one attached hydrogen (secondary N) is 1. The summed E-state index contributed by atoms with van der Waals surface area (Å²) in [5.41, 5.74) is 0.720. The summed E-state index contributed by atoms with van der Waals surface area (Å²) in [5, 5.41) is 12.0. The number of halogens is 1. The van der Waals surface area contributed by atoms with Crippen LogP contribution in [0.2, 0.25) is 0 Å². The van der Waals surface area contributed by atoms with E-state index in [4.69, 9.17) is 5.11 Å². The molecule has 1 unspecified atom stereocenters. The fraction of sp³-hybridized carbons (Fsp3) is 0.455. The number of aromatic nitrogens is 1. The Morgan fingerprint density at radius 2 is 2.38 bits per heavy atom. The van der Waals surface area contributed by atoms with Crippen molar-refractivity contribution in [1.82, 2.24) is 4.98 Å². The third kappa shape index (κ3) is 4.18. The van der Waals surface area contributed by atoms with Gasteiger partial charge in [0.25, 0.3) is 0 Å². The van der Waals surface area contributed by atoms with E-state index in [-0.39, 0.29) is 0 Å². The lowest BCUT2D eigenvalue weighted by Crippen LogP contribution is -2.29. The fourth-order valence-electron chi connectivity index (χ4n) is 1.36. The molecule has 0 saturated heterocycles. The van der Waals surface area contributed by atoms with Gasteiger partial charge in [-0.3, -0.25) is 4.98 Å². The highest BCUT2D eigenvalue weighted by molar-refractivity contribution is 9.10. The second-order valence-corrected chi connectivity index (χ2v) is 4.48. The van der Waals surface area contributed by atoms with Crippen molar-refractivity contribution >= 4 is 27.6 Å². The van der Waals surface area contributed by atoms with Crippen LogP contribution >= 0.6 is 15.9 Å². The molecule has 88 valence electrons. The number of carboxylic acid groups (broad SMARTS) is 1. The molecule has 1 atom stereocenters. The third-order valence-corrected chi connectivity index (χ3v) is 2.62. The smallest absolute Gasteiger partial charge is 0.326 e. The van der Waals surface area contributed by atoms with Crippen LogP contribution in [0, 0.1) is 0 Å². The lowest BCUT2D eigenvalue weighted by Gasteiger charge is -2.15. The van der Waals surface area contributed by atoms with Gasteiger partial charge in [0.2, 0.25) is 0 Å². The number of carbonyl (C=O) groups is 1. The number of pyridine rings is 1. The Bertz CT molecular complexity index is 358. The highest BCUT2D eigenvalue weighted by Gasteiger charge is 2.16. The van der Waals surface area contributed by atoms with Crippen molar-refractivity contribution in [2.75, 3.05) is 5.32 Å². The molecular formula is C11H15BrN2O2. The van der Waals surface area contributed by atoms with Crippen molar-refractivity contribution in [2.45, 2.75) is 32.2 Å². The van der Waals surface area contributed by atoms with Crippen LogP contribution in [0.15, 0.2) is 22.9 Å². The number of hydrogen-bond donors (Lipinski definition) is 2. The largest absolute Gasteiger partial charge is 0.480 e. The Hall–Kier alpha value is -1.10. The van der Waals surface area contributed by atoms with Gasteiger partial charge in [-0.25, -0.2) is 4.79 Å². The topological polar surface area (TPSA) is 62.2 Å². The Kier molecular flexibility index (Phi) is 5.25. The van der Waals surface area contributed by atoms with E-state index >= 15 is 0 Å². The first kappa shape index (κ1) is 13.0. The van der Waals surface area contributed by atoms with Crippen LogP contribution in [0.25, 0.3) is 0 Å². The Balaban J connectivity index is 2.64. The molecule has 0 bridgehead atoms. The van der Waals surface area contributed by atoms with Gasteiger partial charge in [-0.05, 0) is 28.4 Å². The van der Waals surface area contributed by atoms with Crippen LogP contribution in [0.4, 0.5) is 5.69 Å². The molecule has 2 N–H and O–H groups in total. The minimum absolute atomic E-state index is 0.545. The number of nitrogens with zero attached hydrogens (tertiary/aromatic N) is 1. The van der Waals surface area contributed by atoms with Crippen LogP contribution in [0.5, 0.6) is 0 Å². The second-order valence-electron chi connectivity index (χ2n) is 3.57. The fourth-order valence-corrected chi connectivity index (χ4v) is 1.72. The molecule has 0 aromatic carbocycles. The summed E-state index contributed by atoms with van der Waals surface area (Å²) in [6.07, 6.45) is 5.78. The molecule has 0 amide bonds. The molecule has 1 aromatic heterocycles. The standard InChI is InChI=1S/C11H15BrN2O2/c1-2-3-4-10(11(15)16)14-9-5-8(12)6-13-7-9/h5-7,10,14H,2-4H2,1H3,(H,15,16). The molecule has 0 fully saturated rings. The van der Waals surface area contributed by atoms with Gasteiger partial charge in [-0.15, -0.1) is 0 Å². The van der Waals surface area contributed by atoms with Gasteiger partial charge in [0.05, 0.1) is 11.9 Å². The van der Waals surface area contributed by atoms with E-state index in [0.29, 0.717) is 6.42 Å². The van der Waals surface area contributed by atoms with E-state index in [1.54, 1.807) is 12.4 Å². The summed E-state index contributed by atoms with van der Waals surface area (Å²) < 4.78 is 0.831. The quantitative estimate of drug-likeness (QED) is 0.844. The first-order chi connectivity index (χ1) is 7.63. The monoisotopic (exact) mass is 286 g/mol. The summed E-state index contributed by atoms with van der Waals surface area (Å²) in [6, 6.07) is 1.27. The van der Waals surface area contributed by atoms with Gasteiger partial charge in [-0.2, -0.15) is 0 Å². The summed E-state index contributed by atoms with van der Waals surface area (Å²) in [4.78, 5) is 15.0. The van der Waals surface area contributed by atoms with Crippen LogP contribution in [-0.4, -0.2) is 22.1 Å².